The van der Waals surface area contributed by atoms with E-state index in [1.54, 1.807) is 31.2 Å². The standard InChI is InChI=1S/C17H14FN3/c1-3-21-15-8-7-12(10-19)9-14(15)20-17(21)13-6-4-5-11(2)16(13)18/h4-9H,3H2,1-2H3. The summed E-state index contributed by atoms with van der Waals surface area (Å²) in [6, 6.07) is 12.8. The van der Waals surface area contributed by atoms with Crippen molar-refractivity contribution in [2.45, 2.75) is 20.4 Å². The van der Waals surface area contributed by atoms with Crippen molar-refractivity contribution in [1.82, 2.24) is 9.55 Å². The maximum atomic E-state index is 14.4. The molecular weight excluding hydrogens is 265 g/mol. The summed E-state index contributed by atoms with van der Waals surface area (Å²) < 4.78 is 16.3. The lowest BCUT2D eigenvalue weighted by Gasteiger charge is -2.08. The first-order chi connectivity index (χ1) is 10.2. The van der Waals surface area contributed by atoms with Crippen molar-refractivity contribution in [2.24, 2.45) is 0 Å². The first kappa shape index (κ1) is 13.3. The molecule has 0 aliphatic heterocycles. The summed E-state index contributed by atoms with van der Waals surface area (Å²) in [5.41, 5.74) is 3.27. The molecule has 1 aromatic heterocycles. The highest BCUT2D eigenvalue weighted by Crippen LogP contribution is 2.28. The van der Waals surface area contributed by atoms with E-state index >= 15 is 0 Å². The van der Waals surface area contributed by atoms with Crippen molar-refractivity contribution >= 4 is 11.0 Å². The number of fused-ring (bicyclic) bond motifs is 1. The Hall–Kier alpha value is -2.67. The molecule has 0 atom stereocenters. The number of hydrogen-bond donors (Lipinski definition) is 0. The van der Waals surface area contributed by atoms with E-state index in [9.17, 15) is 4.39 Å². The molecule has 2 aromatic carbocycles. The Kier molecular flexibility index (Phi) is 3.19. The summed E-state index contributed by atoms with van der Waals surface area (Å²) in [5.74, 6) is 0.354. The minimum atomic E-state index is -0.247. The Balaban J connectivity index is 2.32. The number of rotatable bonds is 2. The predicted octanol–water partition coefficient (Wildman–Crippen LogP) is 4.04. The molecule has 0 saturated heterocycles. The van der Waals surface area contributed by atoms with Gasteiger partial charge in [0.1, 0.15) is 11.6 Å². The minimum Gasteiger partial charge on any atom is -0.324 e. The Labute approximate surface area is 122 Å². The Morgan fingerprint density at radius 1 is 1.29 bits per heavy atom. The summed E-state index contributed by atoms with van der Waals surface area (Å²) in [5, 5.41) is 8.98. The molecule has 0 unspecified atom stereocenters. The highest BCUT2D eigenvalue weighted by molar-refractivity contribution is 5.82. The molecule has 21 heavy (non-hydrogen) atoms. The molecule has 3 nitrogen and oxygen atoms in total. The summed E-state index contributed by atoms with van der Waals surface area (Å²) in [6.07, 6.45) is 0. The largest absolute Gasteiger partial charge is 0.324 e. The van der Waals surface area contributed by atoms with Crippen molar-refractivity contribution in [3.05, 3.63) is 53.3 Å². The molecule has 3 rings (SSSR count). The molecule has 0 spiro atoms. The van der Waals surface area contributed by atoms with Crippen LogP contribution < -0.4 is 0 Å². The fourth-order valence-electron chi connectivity index (χ4n) is 2.55. The summed E-state index contributed by atoms with van der Waals surface area (Å²) >= 11 is 0. The summed E-state index contributed by atoms with van der Waals surface area (Å²) in [7, 11) is 0. The van der Waals surface area contributed by atoms with Crippen LogP contribution in [0.2, 0.25) is 0 Å². The summed E-state index contributed by atoms with van der Waals surface area (Å²) in [4.78, 5) is 4.54. The van der Waals surface area contributed by atoms with Gasteiger partial charge in [-0.05, 0) is 43.7 Å². The quantitative estimate of drug-likeness (QED) is 0.710. The second-order valence-electron chi connectivity index (χ2n) is 4.93. The van der Waals surface area contributed by atoms with Gasteiger partial charge in [0.25, 0.3) is 0 Å². The van der Waals surface area contributed by atoms with Crippen LogP contribution in [0.1, 0.15) is 18.1 Å². The third kappa shape index (κ3) is 2.07. The van der Waals surface area contributed by atoms with E-state index < -0.39 is 0 Å². The molecule has 0 aliphatic rings. The Morgan fingerprint density at radius 2 is 2.10 bits per heavy atom. The molecular formula is C17H14FN3. The van der Waals surface area contributed by atoms with E-state index in [1.165, 1.54) is 0 Å². The zero-order valence-electron chi connectivity index (χ0n) is 11.9. The smallest absolute Gasteiger partial charge is 0.144 e. The van der Waals surface area contributed by atoms with Crippen LogP contribution in [-0.2, 0) is 6.54 Å². The number of nitrogens with zero attached hydrogens (tertiary/aromatic N) is 3. The molecule has 4 heteroatoms. The first-order valence-corrected chi connectivity index (χ1v) is 6.81. The van der Waals surface area contributed by atoms with Gasteiger partial charge in [0, 0.05) is 6.54 Å². The fraction of sp³-hybridized carbons (Fsp3) is 0.176. The molecule has 0 amide bonds. The van der Waals surface area contributed by atoms with E-state index in [0.717, 1.165) is 5.52 Å². The first-order valence-electron chi connectivity index (χ1n) is 6.81. The second-order valence-corrected chi connectivity index (χ2v) is 4.93. The van der Waals surface area contributed by atoms with Crippen molar-refractivity contribution < 1.29 is 4.39 Å². The third-order valence-electron chi connectivity index (χ3n) is 3.63. The van der Waals surface area contributed by atoms with Crippen LogP contribution in [0.3, 0.4) is 0 Å². The molecule has 0 fully saturated rings. The van der Waals surface area contributed by atoms with Gasteiger partial charge >= 0.3 is 0 Å². The topological polar surface area (TPSA) is 41.6 Å². The van der Waals surface area contributed by atoms with E-state index in [-0.39, 0.29) is 5.82 Å². The van der Waals surface area contributed by atoms with Gasteiger partial charge in [0.15, 0.2) is 0 Å². The van der Waals surface area contributed by atoms with E-state index in [4.69, 9.17) is 5.26 Å². The van der Waals surface area contributed by atoms with Crippen LogP contribution in [0.15, 0.2) is 36.4 Å². The fourth-order valence-corrected chi connectivity index (χ4v) is 2.55. The molecule has 0 N–H and O–H groups in total. The maximum absolute atomic E-state index is 14.4. The molecule has 1 heterocycles. The number of aromatic nitrogens is 2. The monoisotopic (exact) mass is 279 g/mol. The zero-order valence-corrected chi connectivity index (χ0v) is 11.9. The van der Waals surface area contributed by atoms with Gasteiger partial charge in [-0.2, -0.15) is 5.26 Å². The lowest BCUT2D eigenvalue weighted by molar-refractivity contribution is 0.618. The molecule has 0 bridgehead atoms. The molecule has 0 radical (unpaired) electrons. The average Bonchev–Trinajstić information content (AvgIpc) is 2.87. The van der Waals surface area contributed by atoms with E-state index in [0.29, 0.717) is 34.6 Å². The highest BCUT2D eigenvalue weighted by atomic mass is 19.1. The number of hydrogen-bond acceptors (Lipinski definition) is 2. The van der Waals surface area contributed by atoms with Crippen LogP contribution in [0.25, 0.3) is 22.4 Å². The maximum Gasteiger partial charge on any atom is 0.144 e. The van der Waals surface area contributed by atoms with Gasteiger partial charge in [-0.3, -0.25) is 0 Å². The third-order valence-corrected chi connectivity index (χ3v) is 3.63. The SMILES string of the molecule is CCn1c(-c2cccc(C)c2F)nc2cc(C#N)ccc21. The van der Waals surface area contributed by atoms with Crippen LogP contribution >= 0.6 is 0 Å². The lowest BCUT2D eigenvalue weighted by atomic mass is 10.1. The lowest BCUT2D eigenvalue weighted by Crippen LogP contribution is -1.99. The molecule has 104 valence electrons. The number of aryl methyl sites for hydroxylation is 2. The van der Waals surface area contributed by atoms with Crippen LogP contribution in [0.4, 0.5) is 4.39 Å². The van der Waals surface area contributed by atoms with Crippen LogP contribution in [0, 0.1) is 24.1 Å². The van der Waals surface area contributed by atoms with Gasteiger partial charge in [-0.15, -0.1) is 0 Å². The van der Waals surface area contributed by atoms with Crippen molar-refractivity contribution in [1.29, 1.82) is 5.26 Å². The van der Waals surface area contributed by atoms with Crippen LogP contribution in [0.5, 0.6) is 0 Å². The number of nitriles is 1. The van der Waals surface area contributed by atoms with Crippen molar-refractivity contribution in [3.63, 3.8) is 0 Å². The molecule has 0 saturated carbocycles. The van der Waals surface area contributed by atoms with Gasteiger partial charge in [-0.1, -0.05) is 12.1 Å². The number of imidazole rings is 1. The van der Waals surface area contributed by atoms with E-state index in [1.807, 2.05) is 23.6 Å². The highest BCUT2D eigenvalue weighted by Gasteiger charge is 2.16. The van der Waals surface area contributed by atoms with Gasteiger partial charge in [-0.25, -0.2) is 9.37 Å². The zero-order chi connectivity index (χ0) is 15.0. The van der Waals surface area contributed by atoms with Crippen molar-refractivity contribution in [3.8, 4) is 17.5 Å². The Morgan fingerprint density at radius 3 is 2.81 bits per heavy atom. The van der Waals surface area contributed by atoms with Gasteiger partial charge in [0.05, 0.1) is 28.2 Å². The number of halogens is 1. The molecule has 3 aromatic rings. The Bertz CT molecular complexity index is 872. The summed E-state index contributed by atoms with van der Waals surface area (Å²) in [6.45, 7) is 4.42. The predicted molar refractivity (Wildman–Crippen MR) is 80.3 cm³/mol. The van der Waals surface area contributed by atoms with Gasteiger partial charge in [0.2, 0.25) is 0 Å². The van der Waals surface area contributed by atoms with Crippen molar-refractivity contribution in [2.75, 3.05) is 0 Å². The normalized spacial score (nSPS) is 10.8. The molecule has 0 aliphatic carbocycles. The second kappa shape index (κ2) is 5.02. The average molecular weight is 279 g/mol. The minimum absolute atomic E-state index is 0.247. The number of benzene rings is 2. The van der Waals surface area contributed by atoms with E-state index in [2.05, 4.69) is 11.1 Å². The van der Waals surface area contributed by atoms with Crippen LogP contribution in [-0.4, -0.2) is 9.55 Å². The van der Waals surface area contributed by atoms with Gasteiger partial charge < -0.3 is 4.57 Å².